The molecule has 3 rings (SSSR count). The smallest absolute Gasteiger partial charge is 0.169 e. The van der Waals surface area contributed by atoms with Crippen LogP contribution in [0, 0.1) is 12.7 Å². The highest BCUT2D eigenvalue weighted by Crippen LogP contribution is 2.31. The lowest BCUT2D eigenvalue weighted by Crippen LogP contribution is -2.17. The van der Waals surface area contributed by atoms with Gasteiger partial charge in [-0.1, -0.05) is 34.1 Å². The molecule has 0 aliphatic heterocycles. The summed E-state index contributed by atoms with van der Waals surface area (Å²) in [7, 11) is 1.87. The van der Waals surface area contributed by atoms with E-state index in [1.165, 1.54) is 6.07 Å². The van der Waals surface area contributed by atoms with Crippen LogP contribution in [0.4, 0.5) is 4.39 Å². The predicted octanol–water partition coefficient (Wildman–Crippen LogP) is 4.95. The van der Waals surface area contributed by atoms with Gasteiger partial charge in [-0.3, -0.25) is 0 Å². The summed E-state index contributed by atoms with van der Waals surface area (Å²) < 4.78 is 20.5. The number of halogens is 2. The molecule has 1 unspecified atom stereocenters. The molecule has 21 heavy (non-hydrogen) atoms. The zero-order valence-corrected chi connectivity index (χ0v) is 13.4. The highest BCUT2D eigenvalue weighted by atomic mass is 79.9. The third kappa shape index (κ3) is 2.74. The Labute approximate surface area is 131 Å². The molecule has 108 valence electrons. The first-order chi connectivity index (χ1) is 10.1. The van der Waals surface area contributed by atoms with Crippen molar-refractivity contribution in [3.8, 4) is 0 Å². The van der Waals surface area contributed by atoms with E-state index in [0.29, 0.717) is 11.3 Å². The van der Waals surface area contributed by atoms with Gasteiger partial charge < -0.3 is 9.73 Å². The van der Waals surface area contributed by atoms with Crippen molar-refractivity contribution in [2.45, 2.75) is 13.0 Å². The van der Waals surface area contributed by atoms with E-state index in [4.69, 9.17) is 4.42 Å². The number of nitrogens with one attached hydrogen (secondary N) is 1. The minimum absolute atomic E-state index is 0.118. The summed E-state index contributed by atoms with van der Waals surface area (Å²) in [4.78, 5) is 0. The maximum absolute atomic E-state index is 13.8. The Morgan fingerprint density at radius 1 is 1.19 bits per heavy atom. The van der Waals surface area contributed by atoms with Gasteiger partial charge in [-0.25, -0.2) is 4.39 Å². The quantitative estimate of drug-likeness (QED) is 0.724. The van der Waals surface area contributed by atoms with Crippen LogP contribution in [0.5, 0.6) is 0 Å². The molecule has 0 saturated heterocycles. The largest absolute Gasteiger partial charge is 0.456 e. The first-order valence-corrected chi connectivity index (χ1v) is 7.50. The van der Waals surface area contributed by atoms with Gasteiger partial charge >= 0.3 is 0 Å². The molecule has 0 spiro atoms. The highest BCUT2D eigenvalue weighted by molar-refractivity contribution is 9.10. The van der Waals surface area contributed by atoms with Crippen molar-refractivity contribution in [3.63, 3.8) is 0 Å². The van der Waals surface area contributed by atoms with Crippen molar-refractivity contribution in [3.05, 3.63) is 69.6 Å². The predicted molar refractivity (Wildman–Crippen MR) is 86.0 cm³/mol. The Morgan fingerprint density at radius 2 is 2.00 bits per heavy atom. The van der Waals surface area contributed by atoms with Gasteiger partial charge in [0.25, 0.3) is 0 Å². The minimum atomic E-state index is -0.334. The Morgan fingerprint density at radius 3 is 2.67 bits per heavy atom. The number of aryl methyl sites for hydroxylation is 1. The van der Waals surface area contributed by atoms with E-state index in [1.807, 2.05) is 32.2 Å². The SMILES string of the molecule is CNC(c1cc(C)cc(Br)c1)c1cc2cccc(F)c2o1. The second kappa shape index (κ2) is 5.62. The number of benzene rings is 2. The lowest BCUT2D eigenvalue weighted by molar-refractivity contribution is 0.476. The van der Waals surface area contributed by atoms with Gasteiger partial charge in [0, 0.05) is 9.86 Å². The zero-order chi connectivity index (χ0) is 15.0. The van der Waals surface area contributed by atoms with Crippen LogP contribution in [0.25, 0.3) is 11.0 Å². The van der Waals surface area contributed by atoms with Gasteiger partial charge in [-0.2, -0.15) is 0 Å². The van der Waals surface area contributed by atoms with E-state index in [-0.39, 0.29) is 11.9 Å². The molecule has 3 aromatic rings. The molecule has 1 heterocycles. The first kappa shape index (κ1) is 14.3. The summed E-state index contributed by atoms with van der Waals surface area (Å²) in [6.07, 6.45) is 0. The van der Waals surface area contributed by atoms with Crippen LogP contribution in [0.2, 0.25) is 0 Å². The van der Waals surface area contributed by atoms with E-state index in [9.17, 15) is 4.39 Å². The average molecular weight is 348 g/mol. The van der Waals surface area contributed by atoms with Crippen LogP contribution in [0.1, 0.15) is 22.9 Å². The van der Waals surface area contributed by atoms with Crippen LogP contribution in [-0.4, -0.2) is 7.05 Å². The second-order valence-corrected chi connectivity index (χ2v) is 6.01. The van der Waals surface area contributed by atoms with E-state index in [1.54, 1.807) is 6.07 Å². The molecule has 2 aromatic carbocycles. The van der Waals surface area contributed by atoms with Gasteiger partial charge in [0.05, 0.1) is 6.04 Å². The fourth-order valence-corrected chi connectivity index (χ4v) is 3.22. The summed E-state index contributed by atoms with van der Waals surface area (Å²) in [5.41, 5.74) is 2.53. The van der Waals surface area contributed by atoms with E-state index < -0.39 is 0 Å². The maximum Gasteiger partial charge on any atom is 0.169 e. The third-order valence-corrected chi connectivity index (χ3v) is 3.94. The Balaban J connectivity index is 2.11. The van der Waals surface area contributed by atoms with E-state index >= 15 is 0 Å². The van der Waals surface area contributed by atoms with Crippen molar-refractivity contribution >= 4 is 26.9 Å². The number of fused-ring (bicyclic) bond motifs is 1. The molecule has 0 saturated carbocycles. The van der Waals surface area contributed by atoms with Crippen LogP contribution < -0.4 is 5.32 Å². The molecule has 0 aliphatic carbocycles. The van der Waals surface area contributed by atoms with Crippen molar-refractivity contribution in [1.82, 2.24) is 5.32 Å². The molecule has 0 aliphatic rings. The molecule has 1 N–H and O–H groups in total. The lowest BCUT2D eigenvalue weighted by Gasteiger charge is -2.15. The summed E-state index contributed by atoms with van der Waals surface area (Å²) in [5.74, 6) is 0.370. The fourth-order valence-electron chi connectivity index (χ4n) is 2.59. The highest BCUT2D eigenvalue weighted by Gasteiger charge is 2.18. The van der Waals surface area contributed by atoms with Gasteiger partial charge in [0.1, 0.15) is 5.76 Å². The minimum Gasteiger partial charge on any atom is -0.456 e. The average Bonchev–Trinajstić information content (AvgIpc) is 2.83. The number of para-hydroxylation sites is 1. The fraction of sp³-hybridized carbons (Fsp3) is 0.176. The van der Waals surface area contributed by atoms with Gasteiger partial charge in [-0.05, 0) is 49.4 Å². The summed E-state index contributed by atoms with van der Waals surface area (Å²) in [5, 5.41) is 4.01. The molecule has 0 amide bonds. The van der Waals surface area contributed by atoms with Gasteiger partial charge in [0.2, 0.25) is 0 Å². The maximum atomic E-state index is 13.8. The molecule has 1 aromatic heterocycles. The Bertz CT molecular complexity index is 776. The Hall–Kier alpha value is -1.65. The number of hydrogen-bond donors (Lipinski definition) is 1. The van der Waals surface area contributed by atoms with Crippen LogP contribution in [0.3, 0.4) is 0 Å². The van der Waals surface area contributed by atoms with Crippen molar-refractivity contribution in [2.24, 2.45) is 0 Å². The third-order valence-electron chi connectivity index (χ3n) is 3.49. The molecule has 0 bridgehead atoms. The van der Waals surface area contributed by atoms with Crippen molar-refractivity contribution < 1.29 is 8.81 Å². The van der Waals surface area contributed by atoms with Crippen molar-refractivity contribution in [1.29, 1.82) is 0 Å². The second-order valence-electron chi connectivity index (χ2n) is 5.09. The molecule has 0 fully saturated rings. The van der Waals surface area contributed by atoms with Crippen LogP contribution >= 0.6 is 15.9 Å². The van der Waals surface area contributed by atoms with Gasteiger partial charge in [-0.15, -0.1) is 0 Å². The topological polar surface area (TPSA) is 25.2 Å². The monoisotopic (exact) mass is 347 g/mol. The van der Waals surface area contributed by atoms with E-state index in [2.05, 4.69) is 33.4 Å². The standard InChI is InChI=1S/C17H15BrFNO/c1-10-6-12(8-13(18)7-10)16(20-2)15-9-11-4-3-5-14(19)17(11)21-15/h3-9,16,20H,1-2H3. The number of hydrogen-bond acceptors (Lipinski definition) is 2. The first-order valence-electron chi connectivity index (χ1n) is 6.71. The molecule has 1 atom stereocenters. The zero-order valence-electron chi connectivity index (χ0n) is 11.8. The molecule has 2 nitrogen and oxygen atoms in total. The number of rotatable bonds is 3. The molecule has 4 heteroatoms. The number of furan rings is 1. The van der Waals surface area contributed by atoms with Gasteiger partial charge in [0.15, 0.2) is 11.4 Å². The Kier molecular flexibility index (Phi) is 3.83. The summed E-state index contributed by atoms with van der Waals surface area (Å²) >= 11 is 3.51. The lowest BCUT2D eigenvalue weighted by atomic mass is 10.0. The summed E-state index contributed by atoms with van der Waals surface area (Å²) in [6, 6.07) is 12.9. The van der Waals surface area contributed by atoms with Crippen LogP contribution in [-0.2, 0) is 0 Å². The molecular weight excluding hydrogens is 333 g/mol. The van der Waals surface area contributed by atoms with Crippen LogP contribution in [0.15, 0.2) is 51.4 Å². The molecule has 0 radical (unpaired) electrons. The molecular formula is C17H15BrFNO. The van der Waals surface area contributed by atoms with E-state index in [0.717, 1.165) is 21.0 Å². The normalized spacial score (nSPS) is 12.8. The van der Waals surface area contributed by atoms with Crippen molar-refractivity contribution in [2.75, 3.05) is 7.05 Å². The summed E-state index contributed by atoms with van der Waals surface area (Å²) in [6.45, 7) is 2.04.